The number of likely N-dealkylation sites (N-methyl/N-ethyl adjacent to an activating group) is 1. The first-order valence-electron chi connectivity index (χ1n) is 6.66. The molecule has 1 heterocycles. The second kappa shape index (κ2) is 7.31. The topological polar surface area (TPSA) is 47.7 Å². The van der Waals surface area contributed by atoms with Gasteiger partial charge in [0.25, 0.3) is 0 Å². The SMILES string of the molecule is CCC(CN)(COC)N(C)CC1CCCOC1. The van der Waals surface area contributed by atoms with Gasteiger partial charge < -0.3 is 15.2 Å². The molecular formula is C13H28N2O2. The summed E-state index contributed by atoms with van der Waals surface area (Å²) in [7, 11) is 3.90. The molecule has 0 aromatic carbocycles. The van der Waals surface area contributed by atoms with Gasteiger partial charge in [0.2, 0.25) is 0 Å². The average molecular weight is 244 g/mol. The van der Waals surface area contributed by atoms with Gasteiger partial charge >= 0.3 is 0 Å². The molecule has 17 heavy (non-hydrogen) atoms. The zero-order valence-corrected chi connectivity index (χ0v) is 11.6. The van der Waals surface area contributed by atoms with Crippen LogP contribution in [-0.2, 0) is 9.47 Å². The minimum absolute atomic E-state index is 0.0216. The molecule has 1 rings (SSSR count). The molecule has 1 fully saturated rings. The van der Waals surface area contributed by atoms with Gasteiger partial charge in [0.1, 0.15) is 0 Å². The van der Waals surface area contributed by atoms with Crippen LogP contribution in [0.2, 0.25) is 0 Å². The molecule has 0 amide bonds. The zero-order chi connectivity index (χ0) is 12.7. The molecule has 0 spiro atoms. The van der Waals surface area contributed by atoms with E-state index in [1.54, 1.807) is 7.11 Å². The van der Waals surface area contributed by atoms with Crippen molar-refractivity contribution in [2.45, 2.75) is 31.7 Å². The summed E-state index contributed by atoms with van der Waals surface area (Å²) in [6.07, 6.45) is 3.47. The summed E-state index contributed by atoms with van der Waals surface area (Å²) in [6.45, 7) is 6.38. The summed E-state index contributed by atoms with van der Waals surface area (Å²) in [5.74, 6) is 0.642. The highest BCUT2D eigenvalue weighted by Gasteiger charge is 2.33. The van der Waals surface area contributed by atoms with Gasteiger partial charge in [-0.1, -0.05) is 6.92 Å². The van der Waals surface area contributed by atoms with Crippen LogP contribution in [0.25, 0.3) is 0 Å². The molecule has 0 bridgehead atoms. The van der Waals surface area contributed by atoms with E-state index in [1.165, 1.54) is 12.8 Å². The van der Waals surface area contributed by atoms with Crippen LogP contribution >= 0.6 is 0 Å². The summed E-state index contributed by atoms with van der Waals surface area (Å²) in [4.78, 5) is 2.37. The molecule has 0 aromatic heterocycles. The molecule has 0 radical (unpaired) electrons. The molecule has 1 aliphatic rings. The minimum atomic E-state index is -0.0216. The molecule has 1 aliphatic heterocycles. The molecule has 102 valence electrons. The van der Waals surface area contributed by atoms with Crippen LogP contribution in [-0.4, -0.2) is 57.5 Å². The highest BCUT2D eigenvalue weighted by molar-refractivity contribution is 4.90. The molecule has 2 atom stereocenters. The molecule has 4 heteroatoms. The highest BCUT2D eigenvalue weighted by atomic mass is 16.5. The van der Waals surface area contributed by atoms with Gasteiger partial charge in [-0.2, -0.15) is 0 Å². The molecule has 4 nitrogen and oxygen atoms in total. The van der Waals surface area contributed by atoms with Crippen LogP contribution < -0.4 is 5.73 Å². The summed E-state index contributed by atoms with van der Waals surface area (Å²) in [5.41, 5.74) is 5.94. The van der Waals surface area contributed by atoms with Gasteiger partial charge in [0, 0.05) is 26.8 Å². The minimum Gasteiger partial charge on any atom is -0.383 e. The van der Waals surface area contributed by atoms with Crippen LogP contribution in [0.4, 0.5) is 0 Å². The van der Waals surface area contributed by atoms with Crippen LogP contribution in [0, 0.1) is 5.92 Å². The Hall–Kier alpha value is -0.160. The van der Waals surface area contributed by atoms with Gasteiger partial charge in [-0.05, 0) is 32.2 Å². The monoisotopic (exact) mass is 244 g/mol. The van der Waals surface area contributed by atoms with E-state index in [0.29, 0.717) is 19.1 Å². The summed E-state index contributed by atoms with van der Waals surface area (Å²) in [6, 6.07) is 0. The smallest absolute Gasteiger partial charge is 0.0658 e. The van der Waals surface area contributed by atoms with Crippen LogP contribution in [0.15, 0.2) is 0 Å². The lowest BCUT2D eigenvalue weighted by atomic mass is 9.92. The van der Waals surface area contributed by atoms with Gasteiger partial charge in [-0.3, -0.25) is 4.90 Å². The van der Waals surface area contributed by atoms with E-state index >= 15 is 0 Å². The van der Waals surface area contributed by atoms with Crippen LogP contribution in [0.5, 0.6) is 0 Å². The van der Waals surface area contributed by atoms with Gasteiger partial charge in [0.05, 0.1) is 18.8 Å². The maximum absolute atomic E-state index is 5.96. The summed E-state index contributed by atoms with van der Waals surface area (Å²) in [5, 5.41) is 0. The fourth-order valence-corrected chi connectivity index (χ4v) is 2.64. The molecule has 1 saturated heterocycles. The molecule has 2 unspecified atom stereocenters. The Morgan fingerprint density at radius 2 is 2.29 bits per heavy atom. The molecule has 0 aromatic rings. The first-order valence-corrected chi connectivity index (χ1v) is 6.66. The van der Waals surface area contributed by atoms with Gasteiger partial charge in [-0.25, -0.2) is 0 Å². The third-order valence-electron chi connectivity index (χ3n) is 4.05. The van der Waals surface area contributed by atoms with Crippen molar-refractivity contribution >= 4 is 0 Å². The Labute approximate surface area is 105 Å². The fraction of sp³-hybridized carbons (Fsp3) is 1.00. The van der Waals surface area contributed by atoms with Gasteiger partial charge in [0.15, 0.2) is 0 Å². The number of hydrogen-bond acceptors (Lipinski definition) is 4. The maximum atomic E-state index is 5.96. The second-order valence-corrected chi connectivity index (χ2v) is 5.18. The lowest BCUT2D eigenvalue weighted by molar-refractivity contribution is -0.00840. The van der Waals surface area contributed by atoms with Crippen molar-refractivity contribution in [3.05, 3.63) is 0 Å². The van der Waals surface area contributed by atoms with Crippen LogP contribution in [0.3, 0.4) is 0 Å². The lowest BCUT2D eigenvalue weighted by Gasteiger charge is -2.42. The van der Waals surface area contributed by atoms with E-state index < -0.39 is 0 Å². The van der Waals surface area contributed by atoms with Crippen molar-refractivity contribution in [1.29, 1.82) is 0 Å². The maximum Gasteiger partial charge on any atom is 0.0658 e. The zero-order valence-electron chi connectivity index (χ0n) is 11.6. The molecule has 2 N–H and O–H groups in total. The average Bonchev–Trinajstić information content (AvgIpc) is 2.37. The third-order valence-corrected chi connectivity index (χ3v) is 4.05. The van der Waals surface area contributed by atoms with E-state index in [9.17, 15) is 0 Å². The lowest BCUT2D eigenvalue weighted by Crippen LogP contribution is -2.56. The van der Waals surface area contributed by atoms with Crippen molar-refractivity contribution < 1.29 is 9.47 Å². The Balaban J connectivity index is 2.53. The molecular weight excluding hydrogens is 216 g/mol. The highest BCUT2D eigenvalue weighted by Crippen LogP contribution is 2.22. The predicted molar refractivity (Wildman–Crippen MR) is 70.1 cm³/mol. The van der Waals surface area contributed by atoms with Gasteiger partial charge in [-0.15, -0.1) is 0 Å². The first kappa shape index (κ1) is 14.9. The van der Waals surface area contributed by atoms with Crippen molar-refractivity contribution in [2.75, 3.05) is 47.1 Å². The number of ether oxygens (including phenoxy) is 2. The number of hydrogen-bond donors (Lipinski definition) is 1. The summed E-state index contributed by atoms with van der Waals surface area (Å²) < 4.78 is 10.9. The second-order valence-electron chi connectivity index (χ2n) is 5.18. The van der Waals surface area contributed by atoms with Crippen molar-refractivity contribution in [3.63, 3.8) is 0 Å². The normalized spacial score (nSPS) is 24.9. The molecule has 0 aliphatic carbocycles. The van der Waals surface area contributed by atoms with Crippen LogP contribution in [0.1, 0.15) is 26.2 Å². The summed E-state index contributed by atoms with van der Waals surface area (Å²) >= 11 is 0. The Kier molecular flexibility index (Phi) is 6.41. The van der Waals surface area contributed by atoms with Crippen molar-refractivity contribution in [3.8, 4) is 0 Å². The number of rotatable bonds is 7. The van der Waals surface area contributed by atoms with Crippen molar-refractivity contribution in [2.24, 2.45) is 11.7 Å². The predicted octanol–water partition coefficient (Wildman–Crippen LogP) is 1.10. The largest absolute Gasteiger partial charge is 0.383 e. The van der Waals surface area contributed by atoms with E-state index in [0.717, 1.165) is 26.2 Å². The Morgan fingerprint density at radius 1 is 1.53 bits per heavy atom. The number of nitrogens with two attached hydrogens (primary N) is 1. The first-order chi connectivity index (χ1) is 8.18. The van der Waals surface area contributed by atoms with E-state index in [-0.39, 0.29) is 5.54 Å². The number of methoxy groups -OCH3 is 1. The fourth-order valence-electron chi connectivity index (χ4n) is 2.64. The standard InChI is InChI=1S/C13H28N2O2/c1-4-13(10-14,11-16-3)15(2)8-12-6-5-7-17-9-12/h12H,4-11,14H2,1-3H3. The Morgan fingerprint density at radius 3 is 2.76 bits per heavy atom. The van der Waals surface area contributed by atoms with E-state index in [2.05, 4.69) is 18.9 Å². The number of nitrogens with zero attached hydrogens (tertiary/aromatic N) is 1. The Bertz CT molecular complexity index is 202. The van der Waals surface area contributed by atoms with E-state index in [4.69, 9.17) is 15.2 Å². The molecule has 0 saturated carbocycles. The van der Waals surface area contributed by atoms with E-state index in [1.807, 2.05) is 0 Å². The quantitative estimate of drug-likeness (QED) is 0.728. The van der Waals surface area contributed by atoms with Crippen molar-refractivity contribution in [1.82, 2.24) is 4.90 Å². The third kappa shape index (κ3) is 3.91.